The van der Waals surface area contributed by atoms with Crippen molar-refractivity contribution >= 4 is 16.6 Å². The highest BCUT2D eigenvalue weighted by Crippen LogP contribution is 2.36. The molecule has 24 heavy (non-hydrogen) atoms. The Morgan fingerprint density at radius 2 is 1.92 bits per heavy atom. The van der Waals surface area contributed by atoms with Crippen molar-refractivity contribution in [3.05, 3.63) is 77.2 Å². The molecule has 0 spiro atoms. The lowest BCUT2D eigenvalue weighted by molar-refractivity contribution is 0.507. The van der Waals surface area contributed by atoms with Gasteiger partial charge in [-0.3, -0.25) is 9.98 Å². The molecule has 0 fully saturated rings. The number of aliphatic imine (C=N–C) groups is 1. The van der Waals surface area contributed by atoms with Gasteiger partial charge in [-0.1, -0.05) is 37.3 Å². The number of benzene rings is 2. The van der Waals surface area contributed by atoms with Crippen LogP contribution in [0, 0.1) is 5.82 Å². The standard InChI is InChI=1S/C21H19FN2/c1-3-16-13(2)24-21(17-8-6-9-18(22)20(16)17)15-11-14-7-4-5-10-19(14)23-12-15/h4-13,16H,3H2,1-2H3. The first-order valence-electron chi connectivity index (χ1n) is 8.40. The van der Waals surface area contributed by atoms with Crippen LogP contribution in [0.5, 0.6) is 0 Å². The van der Waals surface area contributed by atoms with Gasteiger partial charge < -0.3 is 0 Å². The molecular weight excluding hydrogens is 299 g/mol. The highest BCUT2D eigenvalue weighted by molar-refractivity contribution is 6.15. The molecule has 2 heterocycles. The average Bonchev–Trinajstić information content (AvgIpc) is 2.61. The van der Waals surface area contributed by atoms with Gasteiger partial charge in [0.2, 0.25) is 0 Å². The number of aromatic nitrogens is 1. The first-order valence-corrected chi connectivity index (χ1v) is 8.40. The van der Waals surface area contributed by atoms with Gasteiger partial charge in [0.1, 0.15) is 5.82 Å². The minimum absolute atomic E-state index is 0.0564. The van der Waals surface area contributed by atoms with E-state index in [1.54, 1.807) is 12.1 Å². The van der Waals surface area contributed by atoms with E-state index in [0.29, 0.717) is 0 Å². The molecule has 2 unspecified atom stereocenters. The summed E-state index contributed by atoms with van der Waals surface area (Å²) < 4.78 is 14.6. The number of fused-ring (bicyclic) bond motifs is 2. The predicted molar refractivity (Wildman–Crippen MR) is 96.3 cm³/mol. The summed E-state index contributed by atoms with van der Waals surface area (Å²) in [6.07, 6.45) is 2.72. The molecule has 2 aromatic carbocycles. The Balaban J connectivity index is 1.92. The molecular formula is C21H19FN2. The second-order valence-electron chi connectivity index (χ2n) is 6.35. The maximum Gasteiger partial charge on any atom is 0.127 e. The number of pyridine rings is 1. The quantitative estimate of drug-likeness (QED) is 0.645. The van der Waals surface area contributed by atoms with Crippen molar-refractivity contribution < 1.29 is 4.39 Å². The second-order valence-corrected chi connectivity index (χ2v) is 6.35. The number of nitrogens with zero attached hydrogens (tertiary/aromatic N) is 2. The maximum atomic E-state index is 14.6. The van der Waals surface area contributed by atoms with E-state index >= 15 is 0 Å². The van der Waals surface area contributed by atoms with Gasteiger partial charge in [0.05, 0.1) is 17.3 Å². The molecule has 120 valence electrons. The molecule has 0 radical (unpaired) electrons. The van der Waals surface area contributed by atoms with E-state index in [9.17, 15) is 4.39 Å². The maximum absolute atomic E-state index is 14.6. The lowest BCUT2D eigenvalue weighted by Crippen LogP contribution is -2.25. The smallest absolute Gasteiger partial charge is 0.127 e. The van der Waals surface area contributed by atoms with Gasteiger partial charge >= 0.3 is 0 Å². The number of hydrogen-bond donors (Lipinski definition) is 0. The molecule has 1 aliphatic rings. The Morgan fingerprint density at radius 3 is 2.75 bits per heavy atom. The van der Waals surface area contributed by atoms with Crippen LogP contribution in [0.3, 0.4) is 0 Å². The second kappa shape index (κ2) is 5.82. The highest BCUT2D eigenvalue weighted by atomic mass is 19.1. The third-order valence-electron chi connectivity index (χ3n) is 4.90. The Hall–Kier alpha value is -2.55. The average molecular weight is 318 g/mol. The predicted octanol–water partition coefficient (Wildman–Crippen LogP) is 5.11. The van der Waals surface area contributed by atoms with Crippen molar-refractivity contribution in [1.29, 1.82) is 0 Å². The largest absolute Gasteiger partial charge is 0.280 e. The van der Waals surface area contributed by atoms with Crippen LogP contribution in [-0.4, -0.2) is 16.7 Å². The van der Waals surface area contributed by atoms with Gasteiger partial charge in [0, 0.05) is 34.2 Å². The van der Waals surface area contributed by atoms with Crippen molar-refractivity contribution in [2.45, 2.75) is 32.2 Å². The van der Waals surface area contributed by atoms with Crippen LogP contribution in [0.2, 0.25) is 0 Å². The minimum Gasteiger partial charge on any atom is -0.280 e. The topological polar surface area (TPSA) is 25.2 Å². The van der Waals surface area contributed by atoms with Crippen LogP contribution < -0.4 is 0 Å². The van der Waals surface area contributed by atoms with Crippen LogP contribution in [0.25, 0.3) is 10.9 Å². The van der Waals surface area contributed by atoms with Gasteiger partial charge in [-0.15, -0.1) is 0 Å². The van der Waals surface area contributed by atoms with E-state index in [-0.39, 0.29) is 17.8 Å². The fraction of sp³-hybridized carbons (Fsp3) is 0.238. The number of hydrogen-bond acceptors (Lipinski definition) is 2. The fourth-order valence-corrected chi connectivity index (χ4v) is 3.70. The molecule has 0 aliphatic carbocycles. The van der Waals surface area contributed by atoms with Crippen molar-refractivity contribution in [2.24, 2.45) is 4.99 Å². The van der Waals surface area contributed by atoms with Crippen molar-refractivity contribution in [1.82, 2.24) is 4.98 Å². The van der Waals surface area contributed by atoms with E-state index in [0.717, 1.165) is 39.7 Å². The summed E-state index contributed by atoms with van der Waals surface area (Å²) in [6, 6.07) is 15.4. The minimum atomic E-state index is -0.132. The summed E-state index contributed by atoms with van der Waals surface area (Å²) in [5, 5.41) is 1.07. The monoisotopic (exact) mass is 318 g/mol. The van der Waals surface area contributed by atoms with E-state index in [1.807, 2.05) is 36.5 Å². The third-order valence-corrected chi connectivity index (χ3v) is 4.90. The van der Waals surface area contributed by atoms with Crippen LogP contribution in [-0.2, 0) is 0 Å². The number of rotatable bonds is 2. The van der Waals surface area contributed by atoms with Crippen molar-refractivity contribution in [2.75, 3.05) is 0 Å². The molecule has 0 N–H and O–H groups in total. The molecule has 3 heteroatoms. The van der Waals surface area contributed by atoms with Gasteiger partial charge in [-0.25, -0.2) is 4.39 Å². The molecule has 0 bridgehead atoms. The highest BCUT2D eigenvalue weighted by Gasteiger charge is 2.30. The van der Waals surface area contributed by atoms with Crippen LogP contribution in [0.15, 0.2) is 59.7 Å². The SMILES string of the molecule is CCC1c2c(F)cccc2C(c2cnc3ccccc3c2)=NC1C. The number of para-hydroxylation sites is 1. The van der Waals surface area contributed by atoms with Crippen LogP contribution in [0.1, 0.15) is 42.9 Å². The normalized spacial score (nSPS) is 19.9. The van der Waals surface area contributed by atoms with Gasteiger partial charge in [0.25, 0.3) is 0 Å². The Morgan fingerprint density at radius 1 is 1.08 bits per heavy atom. The first kappa shape index (κ1) is 15.0. The molecule has 1 aromatic heterocycles. The Labute approximate surface area is 141 Å². The summed E-state index contributed by atoms with van der Waals surface area (Å²) in [6.45, 7) is 4.16. The zero-order valence-electron chi connectivity index (χ0n) is 13.8. The summed E-state index contributed by atoms with van der Waals surface area (Å²) in [4.78, 5) is 9.45. The van der Waals surface area contributed by atoms with Crippen LogP contribution in [0.4, 0.5) is 4.39 Å². The van der Waals surface area contributed by atoms with E-state index in [2.05, 4.69) is 24.9 Å². The van der Waals surface area contributed by atoms with Crippen molar-refractivity contribution in [3.8, 4) is 0 Å². The van der Waals surface area contributed by atoms with Gasteiger partial charge in [-0.2, -0.15) is 0 Å². The third kappa shape index (κ3) is 2.32. The van der Waals surface area contributed by atoms with E-state index in [4.69, 9.17) is 4.99 Å². The lowest BCUT2D eigenvalue weighted by atomic mass is 9.81. The molecule has 0 saturated heterocycles. The Bertz CT molecular complexity index is 945. The number of halogens is 1. The van der Waals surface area contributed by atoms with E-state index in [1.165, 1.54) is 0 Å². The van der Waals surface area contributed by atoms with Gasteiger partial charge in [-0.05, 0) is 31.5 Å². The molecule has 2 atom stereocenters. The van der Waals surface area contributed by atoms with Gasteiger partial charge in [0.15, 0.2) is 0 Å². The van der Waals surface area contributed by atoms with E-state index < -0.39 is 0 Å². The Kier molecular flexibility index (Phi) is 3.64. The molecule has 0 amide bonds. The first-order chi connectivity index (χ1) is 11.7. The lowest BCUT2D eigenvalue weighted by Gasteiger charge is -2.29. The molecule has 4 rings (SSSR count). The molecule has 3 aromatic rings. The van der Waals surface area contributed by atoms with Crippen LogP contribution >= 0.6 is 0 Å². The summed E-state index contributed by atoms with van der Waals surface area (Å²) in [5.41, 5.74) is 4.45. The molecule has 2 nitrogen and oxygen atoms in total. The van der Waals surface area contributed by atoms with Crippen molar-refractivity contribution in [3.63, 3.8) is 0 Å². The summed E-state index contributed by atoms with van der Waals surface area (Å²) >= 11 is 0. The fourth-order valence-electron chi connectivity index (χ4n) is 3.70. The summed E-state index contributed by atoms with van der Waals surface area (Å²) in [5.74, 6) is -0.00860. The molecule has 1 aliphatic heterocycles. The molecule has 0 saturated carbocycles. The zero-order valence-corrected chi connectivity index (χ0v) is 13.8. The zero-order chi connectivity index (χ0) is 16.7. The summed E-state index contributed by atoms with van der Waals surface area (Å²) in [7, 11) is 0.